The first-order valence-corrected chi connectivity index (χ1v) is 13.7. The second-order valence-electron chi connectivity index (χ2n) is 8.98. The van der Waals surface area contributed by atoms with Crippen molar-refractivity contribution in [1.29, 1.82) is 0 Å². The molecule has 0 N–H and O–H groups in total. The molecule has 2 atom stereocenters. The van der Waals surface area contributed by atoms with Crippen molar-refractivity contribution in [2.75, 3.05) is 18.6 Å². The van der Waals surface area contributed by atoms with Crippen LogP contribution in [0.3, 0.4) is 0 Å². The number of likely N-dealkylation sites (N-methyl/N-ethyl adjacent to an activating group) is 1. The van der Waals surface area contributed by atoms with Gasteiger partial charge < -0.3 is 14.4 Å². The molecule has 29 heavy (non-hydrogen) atoms. The molecule has 1 amide bonds. The van der Waals surface area contributed by atoms with E-state index in [1.54, 1.807) is 4.90 Å². The number of amides is 1. The summed E-state index contributed by atoms with van der Waals surface area (Å²) in [5.74, 6) is 0.0237. The van der Waals surface area contributed by atoms with Crippen LogP contribution in [0.1, 0.15) is 17.5 Å². The fraction of sp³-hybridized carbons (Fsp3) is 0.375. The fourth-order valence-corrected chi connectivity index (χ4v) is 5.70. The predicted octanol–water partition coefficient (Wildman–Crippen LogP) is 4.67. The summed E-state index contributed by atoms with van der Waals surface area (Å²) < 4.78 is 12.5. The van der Waals surface area contributed by atoms with Crippen molar-refractivity contribution in [3.63, 3.8) is 0 Å². The number of fused-ring (bicyclic) bond motifs is 2. The molecule has 0 aromatic heterocycles. The Hall–Kier alpha value is -2.21. The van der Waals surface area contributed by atoms with Crippen LogP contribution in [-0.2, 0) is 26.5 Å². The number of anilines is 1. The first-order valence-electron chi connectivity index (χ1n) is 10.2. The molecule has 0 saturated heterocycles. The average molecular weight is 408 g/mol. The first kappa shape index (κ1) is 20.1. The van der Waals surface area contributed by atoms with Crippen molar-refractivity contribution in [3.8, 4) is 0 Å². The molecule has 0 unspecified atom stereocenters. The summed E-state index contributed by atoms with van der Waals surface area (Å²) in [5.41, 5.74) is 2.12. The Morgan fingerprint density at radius 2 is 1.79 bits per heavy atom. The zero-order chi connectivity index (χ0) is 20.6. The van der Waals surface area contributed by atoms with Crippen molar-refractivity contribution in [3.05, 3.63) is 77.0 Å². The maximum Gasteiger partial charge on any atom is 0.264 e. The highest BCUT2D eigenvalue weighted by atomic mass is 28.3. The number of para-hydroxylation sites is 1. The number of hydrogen-bond donors (Lipinski definition) is 0. The normalized spacial score (nSPS) is 24.0. The number of carbonyl (C=O) groups excluding carboxylic acids is 1. The molecule has 2 aliphatic rings. The molecule has 0 saturated carbocycles. The van der Waals surface area contributed by atoms with Gasteiger partial charge in [-0.05, 0) is 11.6 Å². The minimum Gasteiger partial charge on any atom is -0.374 e. The van der Waals surface area contributed by atoms with Gasteiger partial charge in [-0.2, -0.15) is 0 Å². The number of hydrogen-bond acceptors (Lipinski definition) is 3. The highest BCUT2D eigenvalue weighted by Gasteiger charge is 2.54. The van der Waals surface area contributed by atoms with Crippen molar-refractivity contribution < 1.29 is 14.3 Å². The molecule has 1 spiro atoms. The molecule has 0 radical (unpaired) electrons. The van der Waals surface area contributed by atoms with E-state index in [9.17, 15) is 4.79 Å². The van der Waals surface area contributed by atoms with E-state index in [-0.39, 0.29) is 12.0 Å². The Labute approximate surface area is 174 Å². The van der Waals surface area contributed by atoms with Crippen LogP contribution in [-0.4, -0.2) is 33.7 Å². The van der Waals surface area contributed by atoms with Crippen LogP contribution in [0.5, 0.6) is 0 Å². The molecule has 4 nitrogen and oxygen atoms in total. The minimum atomic E-state index is -1.61. The molecule has 2 aromatic rings. The quantitative estimate of drug-likeness (QED) is 0.676. The zero-order valence-corrected chi connectivity index (χ0v) is 18.6. The topological polar surface area (TPSA) is 38.8 Å². The molecule has 2 aromatic carbocycles. The van der Waals surface area contributed by atoms with Gasteiger partial charge in [-0.15, -0.1) is 0 Å². The molecule has 0 aliphatic carbocycles. The van der Waals surface area contributed by atoms with Crippen LogP contribution in [0.15, 0.2) is 65.9 Å². The summed E-state index contributed by atoms with van der Waals surface area (Å²) in [4.78, 5) is 15.1. The monoisotopic (exact) mass is 407 g/mol. The van der Waals surface area contributed by atoms with E-state index in [4.69, 9.17) is 9.47 Å². The molecular weight excluding hydrogens is 378 g/mol. The predicted molar refractivity (Wildman–Crippen MR) is 119 cm³/mol. The maximum absolute atomic E-state index is 13.4. The Morgan fingerprint density at radius 1 is 1.10 bits per heavy atom. The van der Waals surface area contributed by atoms with E-state index >= 15 is 0 Å². The number of benzene rings is 2. The number of nitrogens with zero attached hydrogens (tertiary/aromatic N) is 1. The lowest BCUT2D eigenvalue weighted by Crippen LogP contribution is -2.49. The van der Waals surface area contributed by atoms with E-state index in [0.29, 0.717) is 19.6 Å². The number of ether oxygens (including phenoxy) is 2. The molecular formula is C24H29NO3Si. The minimum absolute atomic E-state index is 0.0237. The third kappa shape index (κ3) is 3.70. The van der Waals surface area contributed by atoms with Crippen molar-refractivity contribution in [1.82, 2.24) is 0 Å². The van der Waals surface area contributed by atoms with E-state index in [0.717, 1.165) is 16.8 Å². The lowest BCUT2D eigenvalue weighted by molar-refractivity contribution is -0.155. The lowest BCUT2D eigenvalue weighted by atomic mass is 9.89. The standard InChI is InChI=1S/C24H29NO3Si/c1-25-22-13-9-8-12-21(22)24(23(25)26)15-20(29(2,3)4)14-19(28-24)17-27-16-18-10-6-5-7-11-18/h5-14,19H,15-17H2,1-4H3/t19-,24+/m0/s1. The van der Waals surface area contributed by atoms with Gasteiger partial charge in [0.25, 0.3) is 5.91 Å². The second-order valence-corrected chi connectivity index (χ2v) is 14.1. The van der Waals surface area contributed by atoms with Gasteiger partial charge in [0, 0.05) is 19.0 Å². The third-order valence-electron chi connectivity index (χ3n) is 5.89. The summed E-state index contributed by atoms with van der Waals surface area (Å²) in [6.45, 7) is 7.95. The second kappa shape index (κ2) is 7.56. The molecule has 4 rings (SSSR count). The van der Waals surface area contributed by atoms with Gasteiger partial charge in [0.1, 0.15) is 6.10 Å². The highest BCUT2D eigenvalue weighted by Crippen LogP contribution is 2.49. The van der Waals surface area contributed by atoms with Gasteiger partial charge in [0.15, 0.2) is 5.60 Å². The SMILES string of the molecule is CN1C(=O)[C@@]2(CC([Si](C)(C)C)=C[C@@H](COCc3ccccc3)O2)c2ccccc21. The van der Waals surface area contributed by atoms with Crippen LogP contribution >= 0.6 is 0 Å². The summed E-state index contributed by atoms with van der Waals surface area (Å²) in [6.07, 6.45) is 2.62. The van der Waals surface area contributed by atoms with Gasteiger partial charge in [-0.3, -0.25) is 4.79 Å². The van der Waals surface area contributed by atoms with Gasteiger partial charge >= 0.3 is 0 Å². The Kier molecular flexibility index (Phi) is 5.23. The lowest BCUT2D eigenvalue weighted by Gasteiger charge is -2.40. The van der Waals surface area contributed by atoms with E-state index < -0.39 is 13.7 Å². The summed E-state index contributed by atoms with van der Waals surface area (Å²) in [7, 11) is 0.227. The molecule has 2 aliphatic heterocycles. The fourth-order valence-electron chi connectivity index (χ4n) is 4.24. The van der Waals surface area contributed by atoms with Crippen LogP contribution in [0.25, 0.3) is 0 Å². The van der Waals surface area contributed by atoms with Crippen molar-refractivity contribution >= 4 is 19.7 Å². The zero-order valence-electron chi connectivity index (χ0n) is 17.6. The largest absolute Gasteiger partial charge is 0.374 e. The van der Waals surface area contributed by atoms with Gasteiger partial charge in [0.05, 0.1) is 27.0 Å². The highest BCUT2D eigenvalue weighted by molar-refractivity contribution is 6.83. The van der Waals surface area contributed by atoms with E-state index in [2.05, 4.69) is 37.8 Å². The summed E-state index contributed by atoms with van der Waals surface area (Å²) in [5, 5.41) is 1.37. The van der Waals surface area contributed by atoms with E-state index in [1.807, 2.05) is 49.5 Å². The molecule has 152 valence electrons. The molecule has 2 heterocycles. The van der Waals surface area contributed by atoms with Crippen LogP contribution in [0.2, 0.25) is 19.6 Å². The van der Waals surface area contributed by atoms with Gasteiger partial charge in [-0.25, -0.2) is 0 Å². The number of carbonyl (C=O) groups is 1. The van der Waals surface area contributed by atoms with Crippen LogP contribution in [0.4, 0.5) is 5.69 Å². The van der Waals surface area contributed by atoms with Crippen molar-refractivity contribution in [2.24, 2.45) is 0 Å². The van der Waals surface area contributed by atoms with Crippen molar-refractivity contribution in [2.45, 2.75) is 44.4 Å². The molecule has 0 fully saturated rings. The molecule has 0 bridgehead atoms. The van der Waals surface area contributed by atoms with E-state index in [1.165, 1.54) is 5.20 Å². The Balaban J connectivity index is 1.62. The summed E-state index contributed by atoms with van der Waals surface area (Å²) >= 11 is 0. The number of rotatable bonds is 5. The smallest absolute Gasteiger partial charge is 0.264 e. The van der Waals surface area contributed by atoms with Gasteiger partial charge in [0.2, 0.25) is 0 Å². The Bertz CT molecular complexity index is 935. The molecule has 5 heteroatoms. The van der Waals surface area contributed by atoms with Crippen LogP contribution < -0.4 is 4.90 Å². The van der Waals surface area contributed by atoms with Crippen LogP contribution in [0, 0.1) is 0 Å². The Morgan fingerprint density at radius 3 is 2.52 bits per heavy atom. The maximum atomic E-state index is 13.4. The third-order valence-corrected chi connectivity index (χ3v) is 8.16. The first-order chi connectivity index (χ1) is 13.8. The van der Waals surface area contributed by atoms with Gasteiger partial charge in [-0.1, -0.05) is 79.4 Å². The average Bonchev–Trinajstić information content (AvgIpc) is 2.90. The summed E-state index contributed by atoms with van der Waals surface area (Å²) in [6, 6.07) is 18.1.